The summed E-state index contributed by atoms with van der Waals surface area (Å²) < 4.78 is 0. The third-order valence-corrected chi connectivity index (χ3v) is 14.1. The van der Waals surface area contributed by atoms with Gasteiger partial charge < -0.3 is 9.80 Å². The van der Waals surface area contributed by atoms with E-state index in [2.05, 4.69) is 125 Å². The van der Waals surface area contributed by atoms with Crippen LogP contribution in [0.15, 0.2) is 115 Å². The fourth-order valence-corrected chi connectivity index (χ4v) is 12.2. The van der Waals surface area contributed by atoms with Gasteiger partial charge in [0.15, 0.2) is 0 Å². The van der Waals surface area contributed by atoms with Crippen LogP contribution in [-0.4, -0.2) is 6.71 Å². The number of hydrogen-bond donors (Lipinski definition) is 0. The van der Waals surface area contributed by atoms with Crippen LogP contribution in [0.3, 0.4) is 0 Å². The van der Waals surface area contributed by atoms with Crippen molar-refractivity contribution in [1.82, 2.24) is 0 Å². The van der Waals surface area contributed by atoms with Crippen molar-refractivity contribution in [3.8, 4) is 0 Å². The van der Waals surface area contributed by atoms with Crippen LogP contribution in [0.1, 0.15) is 94.1 Å². The van der Waals surface area contributed by atoms with Gasteiger partial charge in [-0.3, -0.25) is 0 Å². The Morgan fingerprint density at radius 1 is 0.520 bits per heavy atom. The highest BCUT2D eigenvalue weighted by Crippen LogP contribution is 2.58. The summed E-state index contributed by atoms with van der Waals surface area (Å²) in [5.74, 6) is 3.43. The van der Waals surface area contributed by atoms with E-state index in [-0.39, 0.29) is 6.71 Å². The molecule has 50 heavy (non-hydrogen) atoms. The van der Waals surface area contributed by atoms with Crippen molar-refractivity contribution in [2.75, 3.05) is 9.80 Å². The average molecular weight is 651 g/mol. The van der Waals surface area contributed by atoms with Crippen LogP contribution in [0.25, 0.3) is 0 Å². The highest BCUT2D eigenvalue weighted by atomic mass is 15.2. The molecule has 0 spiro atoms. The van der Waals surface area contributed by atoms with Gasteiger partial charge in [0.25, 0.3) is 6.71 Å². The minimum absolute atomic E-state index is 0.194. The summed E-state index contributed by atoms with van der Waals surface area (Å²) in [6.07, 6.45) is 16.7. The highest BCUT2D eigenvalue weighted by Gasteiger charge is 2.50. The lowest BCUT2D eigenvalue weighted by atomic mass is 9.33. The monoisotopic (exact) mass is 650 g/mol. The van der Waals surface area contributed by atoms with E-state index in [1.54, 1.807) is 5.56 Å². The van der Waals surface area contributed by atoms with Crippen LogP contribution in [0.2, 0.25) is 0 Å². The zero-order valence-electron chi connectivity index (χ0n) is 29.2. The molecule has 4 bridgehead atoms. The molecule has 248 valence electrons. The van der Waals surface area contributed by atoms with E-state index in [0.717, 1.165) is 17.8 Å². The van der Waals surface area contributed by atoms with Gasteiger partial charge in [-0.15, -0.1) is 0 Å². The maximum atomic E-state index is 2.70. The molecule has 2 unspecified atom stereocenters. The summed E-state index contributed by atoms with van der Waals surface area (Å²) in [5.41, 5.74) is 15.8. The molecule has 2 nitrogen and oxygen atoms in total. The molecule has 2 atom stereocenters. The molecule has 12 rings (SSSR count). The molecule has 7 aliphatic rings. The Morgan fingerprint density at radius 3 is 1.82 bits per heavy atom. The zero-order chi connectivity index (χ0) is 32.8. The number of anilines is 6. The van der Waals surface area contributed by atoms with Crippen LogP contribution >= 0.6 is 0 Å². The van der Waals surface area contributed by atoms with E-state index >= 15 is 0 Å². The van der Waals surface area contributed by atoms with Gasteiger partial charge in [-0.1, -0.05) is 86.0 Å². The van der Waals surface area contributed by atoms with Gasteiger partial charge in [-0.25, -0.2) is 0 Å². The van der Waals surface area contributed by atoms with Gasteiger partial charge in [-0.2, -0.15) is 0 Å². The second kappa shape index (κ2) is 11.4. The third kappa shape index (κ3) is 4.47. The molecule has 0 aromatic heterocycles. The van der Waals surface area contributed by atoms with Crippen molar-refractivity contribution in [1.29, 1.82) is 0 Å². The molecule has 5 saturated carbocycles. The average Bonchev–Trinajstić information content (AvgIpc) is 3.38. The fourth-order valence-electron chi connectivity index (χ4n) is 12.2. The molecule has 3 heteroatoms. The number of rotatable bonds is 4. The molecule has 5 aliphatic carbocycles. The number of benzene rings is 5. The third-order valence-electron chi connectivity index (χ3n) is 14.1. The lowest BCUT2D eigenvalue weighted by Gasteiger charge is -2.47. The predicted octanol–water partition coefficient (Wildman–Crippen LogP) is 10.7. The first-order chi connectivity index (χ1) is 24.7. The lowest BCUT2D eigenvalue weighted by molar-refractivity contribution is 0.113. The summed E-state index contributed by atoms with van der Waals surface area (Å²) in [5, 5.41) is 0. The Balaban J connectivity index is 1.18. The van der Waals surface area contributed by atoms with Crippen LogP contribution < -0.4 is 26.2 Å². The SMILES string of the molecule is c1ccc(N2c3ccccc3B3c4ccc(C56CCC7CC(CC(C7)C5)C6)cc4N(c4ccccc4)c4cc(C5CCCCC5)cc2c43)cc1. The van der Waals surface area contributed by atoms with E-state index in [9.17, 15) is 0 Å². The predicted molar refractivity (Wildman–Crippen MR) is 211 cm³/mol. The Hall–Kier alpha value is -4.24. The van der Waals surface area contributed by atoms with Crippen molar-refractivity contribution in [2.45, 2.75) is 88.4 Å². The Kier molecular flexibility index (Phi) is 6.72. The van der Waals surface area contributed by atoms with E-state index in [4.69, 9.17) is 0 Å². The normalized spacial score (nSPS) is 26.3. The largest absolute Gasteiger partial charge is 0.311 e. The maximum absolute atomic E-state index is 2.70. The Bertz CT molecular complexity index is 2070. The molecule has 5 aromatic carbocycles. The van der Waals surface area contributed by atoms with Crippen LogP contribution in [-0.2, 0) is 5.41 Å². The molecular formula is C47H47BN2. The number of nitrogens with zero attached hydrogens (tertiary/aromatic N) is 2. The number of hydrogen-bond acceptors (Lipinski definition) is 2. The summed E-state index contributed by atoms with van der Waals surface area (Å²) in [4.78, 5) is 5.27. The van der Waals surface area contributed by atoms with Gasteiger partial charge in [0, 0.05) is 34.1 Å². The standard InChI is InChI=1S/C47H47BN2/c1-4-12-35(13-5-1)36-27-44-46-45(28-36)50(39-16-8-3-9-17-39)43-29-37(47-23-22-32-24-33(30-47)26-34(25-32)31-47)20-21-41(43)48(46)40-18-10-11-19-42(40)49(44)38-14-6-2-7-15-38/h2-3,6-11,14-21,27-29,32-35H,1,4-5,12-13,22-26,30-31H2. The van der Waals surface area contributed by atoms with Gasteiger partial charge >= 0.3 is 0 Å². The van der Waals surface area contributed by atoms with Crippen molar-refractivity contribution in [3.63, 3.8) is 0 Å². The number of para-hydroxylation sites is 3. The minimum atomic E-state index is 0.194. The van der Waals surface area contributed by atoms with Crippen molar-refractivity contribution in [2.24, 2.45) is 17.8 Å². The molecule has 0 N–H and O–H groups in total. The summed E-state index contributed by atoms with van der Waals surface area (Å²) in [7, 11) is 0. The summed E-state index contributed by atoms with van der Waals surface area (Å²) >= 11 is 0. The number of fused-ring (bicyclic) bond motifs is 5. The summed E-state index contributed by atoms with van der Waals surface area (Å²) in [6, 6.07) is 44.9. The smallest absolute Gasteiger partial charge is 0.252 e. The van der Waals surface area contributed by atoms with Crippen molar-refractivity contribution >= 4 is 57.2 Å². The second-order valence-electron chi connectivity index (χ2n) is 16.9. The fraction of sp³-hybridized carbons (Fsp3) is 0.362. The molecular weight excluding hydrogens is 603 g/mol. The first-order valence-corrected chi connectivity index (χ1v) is 19.8. The maximum Gasteiger partial charge on any atom is 0.252 e. The molecule has 0 radical (unpaired) electrons. The Morgan fingerprint density at radius 2 is 1.12 bits per heavy atom. The quantitative estimate of drug-likeness (QED) is 0.175. The van der Waals surface area contributed by atoms with Gasteiger partial charge in [0.2, 0.25) is 0 Å². The van der Waals surface area contributed by atoms with Gasteiger partial charge in [0.05, 0.1) is 0 Å². The van der Waals surface area contributed by atoms with Gasteiger partial charge in [0.1, 0.15) is 0 Å². The topological polar surface area (TPSA) is 6.48 Å². The highest BCUT2D eigenvalue weighted by molar-refractivity contribution is 7.00. The molecule has 2 aliphatic heterocycles. The van der Waals surface area contributed by atoms with Crippen molar-refractivity contribution in [3.05, 3.63) is 126 Å². The minimum Gasteiger partial charge on any atom is -0.311 e. The Labute approximate surface area is 298 Å². The lowest BCUT2D eigenvalue weighted by Crippen LogP contribution is -2.61. The molecule has 0 amide bonds. The first-order valence-electron chi connectivity index (χ1n) is 19.8. The molecule has 0 saturated heterocycles. The molecule has 2 heterocycles. The molecule has 5 aromatic rings. The van der Waals surface area contributed by atoms with Crippen LogP contribution in [0.5, 0.6) is 0 Å². The van der Waals surface area contributed by atoms with Crippen molar-refractivity contribution < 1.29 is 0 Å². The van der Waals surface area contributed by atoms with Gasteiger partial charge in [-0.05, 0) is 163 Å². The van der Waals surface area contributed by atoms with E-state index in [1.165, 1.54) is 133 Å². The van der Waals surface area contributed by atoms with Crippen LogP contribution in [0, 0.1) is 17.8 Å². The van der Waals surface area contributed by atoms with Crippen LogP contribution in [0.4, 0.5) is 34.1 Å². The first kappa shape index (κ1) is 29.5. The van der Waals surface area contributed by atoms with E-state index in [1.807, 2.05) is 0 Å². The van der Waals surface area contributed by atoms with E-state index in [0.29, 0.717) is 11.3 Å². The summed E-state index contributed by atoms with van der Waals surface area (Å²) in [6.45, 7) is 0.194. The second-order valence-corrected chi connectivity index (χ2v) is 16.9. The zero-order valence-corrected chi connectivity index (χ0v) is 29.2. The molecule has 5 fully saturated rings. The van der Waals surface area contributed by atoms with E-state index < -0.39 is 0 Å².